The zero-order valence-electron chi connectivity index (χ0n) is 22.0. The zero-order valence-corrected chi connectivity index (χ0v) is 22.8. The molecule has 5 aromatic carbocycles. The van der Waals surface area contributed by atoms with Crippen LogP contribution in [0.4, 0.5) is 0 Å². The lowest BCUT2D eigenvalue weighted by atomic mass is 9.75. The summed E-state index contributed by atoms with van der Waals surface area (Å²) in [5, 5.41) is 0. The van der Waals surface area contributed by atoms with Gasteiger partial charge in [0.15, 0.2) is 0 Å². The predicted octanol–water partition coefficient (Wildman–Crippen LogP) is 10.8. The lowest BCUT2D eigenvalue weighted by Gasteiger charge is -2.34. The highest BCUT2D eigenvalue weighted by atomic mass is 32.1. The molecular formula is C37H28OS. The largest absolute Gasteiger partial charge is 0.457 e. The van der Waals surface area contributed by atoms with Gasteiger partial charge in [0.25, 0.3) is 0 Å². The summed E-state index contributed by atoms with van der Waals surface area (Å²) in [5.41, 5.74) is 9.74. The lowest BCUT2D eigenvalue weighted by Crippen LogP contribution is -2.24. The first kappa shape index (κ1) is 23.7. The smallest absolute Gasteiger partial charge is 0.132 e. The Morgan fingerprint density at radius 3 is 1.59 bits per heavy atom. The Morgan fingerprint density at radius 1 is 0.436 bits per heavy atom. The lowest BCUT2D eigenvalue weighted by molar-refractivity contribution is 0.418. The van der Waals surface area contributed by atoms with Crippen molar-refractivity contribution in [3.8, 4) is 54.6 Å². The van der Waals surface area contributed by atoms with Gasteiger partial charge in [-0.05, 0) is 57.6 Å². The van der Waals surface area contributed by atoms with Crippen LogP contribution in [0.15, 0.2) is 133 Å². The van der Waals surface area contributed by atoms with E-state index in [1.165, 1.54) is 54.3 Å². The van der Waals surface area contributed by atoms with Crippen LogP contribution in [0.2, 0.25) is 0 Å². The number of ether oxygens (including phenoxy) is 1. The summed E-state index contributed by atoms with van der Waals surface area (Å²) >= 11 is 1.82. The quantitative estimate of drug-likeness (QED) is 0.225. The molecule has 0 saturated heterocycles. The molecule has 0 saturated carbocycles. The van der Waals surface area contributed by atoms with Crippen LogP contribution in [0.3, 0.4) is 0 Å². The van der Waals surface area contributed by atoms with Gasteiger partial charge >= 0.3 is 0 Å². The highest BCUT2D eigenvalue weighted by Crippen LogP contribution is 2.49. The van der Waals surface area contributed by atoms with Crippen molar-refractivity contribution in [3.05, 3.63) is 145 Å². The Kier molecular flexibility index (Phi) is 5.72. The molecule has 2 heterocycles. The van der Waals surface area contributed by atoms with Gasteiger partial charge in [-0.25, -0.2) is 0 Å². The first-order valence-corrected chi connectivity index (χ1v) is 14.2. The molecule has 1 aliphatic heterocycles. The third kappa shape index (κ3) is 4.27. The summed E-state index contributed by atoms with van der Waals surface area (Å²) in [5.74, 6) is 1.91. The molecule has 0 amide bonds. The maximum atomic E-state index is 6.36. The second-order valence-electron chi connectivity index (χ2n) is 10.6. The summed E-state index contributed by atoms with van der Waals surface area (Å²) in [6, 6.07) is 47.7. The molecule has 0 radical (unpaired) electrons. The molecule has 188 valence electrons. The second-order valence-corrected chi connectivity index (χ2v) is 11.7. The van der Waals surface area contributed by atoms with E-state index >= 15 is 0 Å². The fourth-order valence-corrected chi connectivity index (χ4v) is 6.58. The summed E-state index contributed by atoms with van der Waals surface area (Å²) in [6.45, 7) is 4.55. The van der Waals surface area contributed by atoms with Crippen LogP contribution >= 0.6 is 11.3 Å². The summed E-state index contributed by atoms with van der Waals surface area (Å²) < 4.78 is 6.36. The minimum atomic E-state index is -0.0903. The van der Waals surface area contributed by atoms with Crippen molar-refractivity contribution in [2.75, 3.05) is 0 Å². The van der Waals surface area contributed by atoms with Crippen LogP contribution in [-0.2, 0) is 5.41 Å². The molecule has 7 rings (SSSR count). The third-order valence-corrected chi connectivity index (χ3v) is 9.00. The van der Waals surface area contributed by atoms with Gasteiger partial charge in [-0.15, -0.1) is 11.3 Å². The minimum Gasteiger partial charge on any atom is -0.457 e. The summed E-state index contributed by atoms with van der Waals surface area (Å²) in [4.78, 5) is 2.51. The average Bonchev–Trinajstić information content (AvgIpc) is 3.48. The Morgan fingerprint density at radius 2 is 0.923 bits per heavy atom. The first-order valence-electron chi connectivity index (χ1n) is 13.3. The SMILES string of the molecule is CC1(C)c2ccccc2Oc2cc(-c3ccc(-c4ccc(-c5ccc(-c6ccccc6)cc5)cc4)s3)ccc21. The van der Waals surface area contributed by atoms with Gasteiger partial charge < -0.3 is 4.74 Å². The van der Waals surface area contributed by atoms with E-state index in [9.17, 15) is 0 Å². The molecule has 0 aliphatic carbocycles. The number of para-hydroxylation sites is 1. The molecule has 0 N–H and O–H groups in total. The monoisotopic (exact) mass is 520 g/mol. The first-order chi connectivity index (χ1) is 19.1. The van der Waals surface area contributed by atoms with Gasteiger partial charge in [0.05, 0.1) is 0 Å². The predicted molar refractivity (Wildman–Crippen MR) is 165 cm³/mol. The second kappa shape index (κ2) is 9.41. The Hall–Kier alpha value is -4.40. The van der Waals surface area contributed by atoms with Gasteiger partial charge in [0.2, 0.25) is 0 Å². The highest BCUT2D eigenvalue weighted by molar-refractivity contribution is 7.18. The van der Waals surface area contributed by atoms with Crippen molar-refractivity contribution in [1.82, 2.24) is 0 Å². The van der Waals surface area contributed by atoms with Crippen LogP contribution in [0.5, 0.6) is 11.5 Å². The molecule has 1 aromatic heterocycles. The van der Waals surface area contributed by atoms with E-state index in [4.69, 9.17) is 4.74 Å². The fraction of sp³-hybridized carbons (Fsp3) is 0.0811. The molecular weight excluding hydrogens is 492 g/mol. The van der Waals surface area contributed by atoms with Crippen molar-refractivity contribution in [3.63, 3.8) is 0 Å². The van der Waals surface area contributed by atoms with E-state index < -0.39 is 0 Å². The van der Waals surface area contributed by atoms with Crippen LogP contribution in [0.25, 0.3) is 43.1 Å². The molecule has 1 nitrogen and oxygen atoms in total. The number of benzene rings is 5. The number of rotatable bonds is 4. The van der Waals surface area contributed by atoms with E-state index in [1.54, 1.807) is 0 Å². The zero-order chi connectivity index (χ0) is 26.4. The Balaban J connectivity index is 1.13. The molecule has 0 spiro atoms. The van der Waals surface area contributed by atoms with Gasteiger partial charge in [0, 0.05) is 26.3 Å². The molecule has 6 aromatic rings. The van der Waals surface area contributed by atoms with Crippen LogP contribution in [0, 0.1) is 0 Å². The van der Waals surface area contributed by atoms with Crippen molar-refractivity contribution in [1.29, 1.82) is 0 Å². The Labute approximate surface area is 234 Å². The van der Waals surface area contributed by atoms with Crippen LogP contribution in [0.1, 0.15) is 25.0 Å². The average molecular weight is 521 g/mol. The third-order valence-electron chi connectivity index (χ3n) is 7.82. The van der Waals surface area contributed by atoms with E-state index in [2.05, 4.69) is 141 Å². The maximum absolute atomic E-state index is 6.36. The summed E-state index contributed by atoms with van der Waals surface area (Å²) in [6.07, 6.45) is 0. The van der Waals surface area contributed by atoms with E-state index in [-0.39, 0.29) is 5.41 Å². The molecule has 0 fully saturated rings. The van der Waals surface area contributed by atoms with Crippen molar-refractivity contribution < 1.29 is 4.74 Å². The normalized spacial score (nSPS) is 13.3. The standard InChI is InChI=1S/C37H28OS/c1-37(2)31-10-6-7-11-33(31)38-34-24-30(20-21-32(34)37)36-23-22-35(39-36)29-18-16-28(17-19-29)27-14-12-26(13-15-27)25-8-4-3-5-9-25/h3-24H,1-2H3. The van der Waals surface area contributed by atoms with Crippen molar-refractivity contribution in [2.24, 2.45) is 0 Å². The molecule has 39 heavy (non-hydrogen) atoms. The van der Waals surface area contributed by atoms with E-state index in [1.807, 2.05) is 17.4 Å². The number of hydrogen-bond acceptors (Lipinski definition) is 2. The molecule has 0 atom stereocenters. The Bertz CT molecular complexity index is 1770. The van der Waals surface area contributed by atoms with Gasteiger partial charge in [-0.3, -0.25) is 0 Å². The van der Waals surface area contributed by atoms with Crippen LogP contribution < -0.4 is 4.74 Å². The highest BCUT2D eigenvalue weighted by Gasteiger charge is 2.34. The minimum absolute atomic E-state index is 0.0903. The fourth-order valence-electron chi connectivity index (χ4n) is 5.57. The topological polar surface area (TPSA) is 9.23 Å². The molecule has 0 unspecified atom stereocenters. The van der Waals surface area contributed by atoms with Gasteiger partial charge in [0.1, 0.15) is 11.5 Å². The molecule has 2 heteroatoms. The maximum Gasteiger partial charge on any atom is 0.132 e. The number of thiophene rings is 1. The number of hydrogen-bond donors (Lipinski definition) is 0. The summed E-state index contributed by atoms with van der Waals surface area (Å²) in [7, 11) is 0. The van der Waals surface area contributed by atoms with Gasteiger partial charge in [-0.2, -0.15) is 0 Å². The molecule has 0 bridgehead atoms. The molecule has 1 aliphatic rings. The van der Waals surface area contributed by atoms with E-state index in [0.29, 0.717) is 0 Å². The van der Waals surface area contributed by atoms with Crippen molar-refractivity contribution >= 4 is 11.3 Å². The van der Waals surface area contributed by atoms with Crippen molar-refractivity contribution in [2.45, 2.75) is 19.3 Å². The van der Waals surface area contributed by atoms with Gasteiger partial charge in [-0.1, -0.05) is 123 Å². The number of fused-ring (bicyclic) bond motifs is 2. The van der Waals surface area contributed by atoms with E-state index in [0.717, 1.165) is 11.5 Å². The van der Waals surface area contributed by atoms with Crippen LogP contribution in [-0.4, -0.2) is 0 Å².